The zero-order valence-electron chi connectivity index (χ0n) is 6.67. The van der Waals surface area contributed by atoms with Crippen LogP contribution in [0, 0.1) is 11.3 Å². The number of rotatable bonds is 2. The molecule has 0 aromatic heterocycles. The molecule has 0 bridgehead atoms. The molecule has 0 N–H and O–H groups in total. The Balaban J connectivity index is 3.01. The van der Waals surface area contributed by atoms with E-state index in [1.54, 1.807) is 12.1 Å². The summed E-state index contributed by atoms with van der Waals surface area (Å²) in [4.78, 5) is 0. The van der Waals surface area contributed by atoms with Crippen molar-refractivity contribution in [2.75, 3.05) is 6.61 Å². The maximum Gasteiger partial charge on any atom is 0.134 e. The SMILES string of the molecule is CCOc1cc(C#N)ccc1Br. The number of hydrogen-bond acceptors (Lipinski definition) is 2. The molecular weight excluding hydrogens is 218 g/mol. The molecule has 0 heterocycles. The quantitative estimate of drug-likeness (QED) is 0.776. The predicted octanol–water partition coefficient (Wildman–Crippen LogP) is 2.72. The molecule has 0 spiro atoms. The molecule has 2 nitrogen and oxygen atoms in total. The Hall–Kier alpha value is -1.01. The van der Waals surface area contributed by atoms with Gasteiger partial charge in [-0.05, 0) is 41.1 Å². The van der Waals surface area contributed by atoms with Crippen molar-refractivity contribution >= 4 is 15.9 Å². The van der Waals surface area contributed by atoms with Gasteiger partial charge in [0.25, 0.3) is 0 Å². The molecule has 0 saturated carbocycles. The van der Waals surface area contributed by atoms with E-state index in [1.807, 2.05) is 13.0 Å². The van der Waals surface area contributed by atoms with Crippen LogP contribution in [-0.2, 0) is 0 Å². The normalized spacial score (nSPS) is 9.08. The molecule has 3 heteroatoms. The highest BCUT2D eigenvalue weighted by Gasteiger charge is 2.00. The molecule has 0 aliphatic rings. The van der Waals surface area contributed by atoms with Crippen LogP contribution in [0.2, 0.25) is 0 Å². The van der Waals surface area contributed by atoms with Crippen LogP contribution in [0.25, 0.3) is 0 Å². The van der Waals surface area contributed by atoms with Gasteiger partial charge in [-0.15, -0.1) is 0 Å². The summed E-state index contributed by atoms with van der Waals surface area (Å²) in [5.41, 5.74) is 0.613. The summed E-state index contributed by atoms with van der Waals surface area (Å²) in [5.74, 6) is 0.719. The summed E-state index contributed by atoms with van der Waals surface area (Å²) >= 11 is 3.33. The van der Waals surface area contributed by atoms with Gasteiger partial charge in [-0.25, -0.2) is 0 Å². The van der Waals surface area contributed by atoms with E-state index in [4.69, 9.17) is 10.00 Å². The third kappa shape index (κ3) is 1.99. The minimum Gasteiger partial charge on any atom is -0.493 e. The molecular formula is C9H8BrNO. The maximum atomic E-state index is 8.60. The monoisotopic (exact) mass is 225 g/mol. The number of benzene rings is 1. The fourth-order valence-electron chi connectivity index (χ4n) is 0.839. The highest BCUT2D eigenvalue weighted by atomic mass is 79.9. The van der Waals surface area contributed by atoms with E-state index in [9.17, 15) is 0 Å². The molecule has 0 radical (unpaired) electrons. The fourth-order valence-corrected chi connectivity index (χ4v) is 1.20. The highest BCUT2D eigenvalue weighted by molar-refractivity contribution is 9.10. The van der Waals surface area contributed by atoms with Crippen molar-refractivity contribution in [3.8, 4) is 11.8 Å². The van der Waals surface area contributed by atoms with Gasteiger partial charge >= 0.3 is 0 Å². The van der Waals surface area contributed by atoms with E-state index >= 15 is 0 Å². The van der Waals surface area contributed by atoms with Crippen LogP contribution in [0.3, 0.4) is 0 Å². The first-order valence-corrected chi connectivity index (χ1v) is 4.39. The Bertz CT molecular complexity index is 317. The highest BCUT2D eigenvalue weighted by Crippen LogP contribution is 2.25. The molecule has 1 aromatic carbocycles. The summed E-state index contributed by atoms with van der Waals surface area (Å²) in [6.45, 7) is 2.51. The molecule has 0 amide bonds. The minimum atomic E-state index is 0.605. The first-order chi connectivity index (χ1) is 5.77. The Morgan fingerprint density at radius 1 is 1.58 bits per heavy atom. The molecule has 1 aromatic rings. The van der Waals surface area contributed by atoms with Gasteiger partial charge in [-0.2, -0.15) is 5.26 Å². The molecule has 1 rings (SSSR count). The van der Waals surface area contributed by atoms with Crippen molar-refractivity contribution in [3.05, 3.63) is 28.2 Å². The largest absolute Gasteiger partial charge is 0.493 e. The summed E-state index contributed by atoms with van der Waals surface area (Å²) in [6.07, 6.45) is 0. The minimum absolute atomic E-state index is 0.605. The van der Waals surface area contributed by atoms with Gasteiger partial charge in [-0.3, -0.25) is 0 Å². The molecule has 0 unspecified atom stereocenters. The van der Waals surface area contributed by atoms with E-state index in [-0.39, 0.29) is 0 Å². The van der Waals surface area contributed by atoms with Crippen molar-refractivity contribution < 1.29 is 4.74 Å². The van der Waals surface area contributed by atoms with Crippen LogP contribution in [0.4, 0.5) is 0 Å². The molecule has 12 heavy (non-hydrogen) atoms. The van der Waals surface area contributed by atoms with Gasteiger partial charge < -0.3 is 4.74 Å². The van der Waals surface area contributed by atoms with Crippen LogP contribution < -0.4 is 4.74 Å². The second-order valence-corrected chi connectivity index (χ2v) is 3.04. The number of halogens is 1. The molecule has 0 saturated heterocycles. The lowest BCUT2D eigenvalue weighted by atomic mass is 10.2. The van der Waals surface area contributed by atoms with E-state index in [0.717, 1.165) is 10.2 Å². The summed E-state index contributed by atoms with van der Waals surface area (Å²) in [6, 6.07) is 7.32. The van der Waals surface area contributed by atoms with Crippen LogP contribution in [0.5, 0.6) is 5.75 Å². The van der Waals surface area contributed by atoms with Crippen molar-refractivity contribution in [1.29, 1.82) is 5.26 Å². The van der Waals surface area contributed by atoms with Gasteiger partial charge in [0.2, 0.25) is 0 Å². The van der Waals surface area contributed by atoms with Crippen LogP contribution in [0.1, 0.15) is 12.5 Å². The van der Waals surface area contributed by atoms with Crippen LogP contribution in [-0.4, -0.2) is 6.61 Å². The first-order valence-electron chi connectivity index (χ1n) is 3.60. The molecule has 0 atom stereocenters. The lowest BCUT2D eigenvalue weighted by molar-refractivity contribution is 0.338. The third-order valence-corrected chi connectivity index (χ3v) is 2.02. The summed E-state index contributed by atoms with van der Waals surface area (Å²) in [7, 11) is 0. The number of hydrogen-bond donors (Lipinski definition) is 0. The van der Waals surface area contributed by atoms with E-state index < -0.39 is 0 Å². The second kappa shape index (κ2) is 4.13. The van der Waals surface area contributed by atoms with Gasteiger partial charge in [-0.1, -0.05) is 0 Å². The van der Waals surface area contributed by atoms with Gasteiger partial charge in [0.1, 0.15) is 5.75 Å². The lowest BCUT2D eigenvalue weighted by Crippen LogP contribution is -1.92. The van der Waals surface area contributed by atoms with E-state index in [1.165, 1.54) is 0 Å². The van der Waals surface area contributed by atoms with Crippen LogP contribution in [0.15, 0.2) is 22.7 Å². The van der Waals surface area contributed by atoms with Crippen molar-refractivity contribution in [1.82, 2.24) is 0 Å². The zero-order valence-corrected chi connectivity index (χ0v) is 8.26. The standard InChI is InChI=1S/C9H8BrNO/c1-2-12-9-5-7(6-11)3-4-8(9)10/h3-5H,2H2,1H3. The third-order valence-electron chi connectivity index (χ3n) is 1.36. The zero-order chi connectivity index (χ0) is 8.97. The number of nitriles is 1. The van der Waals surface area contributed by atoms with Crippen LogP contribution >= 0.6 is 15.9 Å². The van der Waals surface area contributed by atoms with E-state index in [0.29, 0.717) is 12.2 Å². The maximum absolute atomic E-state index is 8.60. The van der Waals surface area contributed by atoms with Gasteiger partial charge in [0.05, 0.1) is 22.7 Å². The lowest BCUT2D eigenvalue weighted by Gasteiger charge is -2.04. The molecule has 0 aliphatic carbocycles. The number of ether oxygens (including phenoxy) is 1. The summed E-state index contributed by atoms with van der Waals surface area (Å²) < 4.78 is 6.16. The van der Waals surface area contributed by atoms with Gasteiger partial charge in [0.15, 0.2) is 0 Å². The smallest absolute Gasteiger partial charge is 0.134 e. The Morgan fingerprint density at radius 3 is 2.92 bits per heavy atom. The van der Waals surface area contributed by atoms with Crippen molar-refractivity contribution in [2.45, 2.75) is 6.92 Å². The van der Waals surface area contributed by atoms with Gasteiger partial charge in [0, 0.05) is 0 Å². The first kappa shape index (κ1) is 9.08. The molecule has 62 valence electrons. The summed E-state index contributed by atoms with van der Waals surface area (Å²) in [5, 5.41) is 8.60. The van der Waals surface area contributed by atoms with Crippen molar-refractivity contribution in [3.63, 3.8) is 0 Å². The second-order valence-electron chi connectivity index (χ2n) is 2.19. The topological polar surface area (TPSA) is 33.0 Å². The van der Waals surface area contributed by atoms with Crippen molar-refractivity contribution in [2.24, 2.45) is 0 Å². The average molecular weight is 226 g/mol. The molecule has 0 aliphatic heterocycles. The van der Waals surface area contributed by atoms with E-state index in [2.05, 4.69) is 22.0 Å². The fraction of sp³-hybridized carbons (Fsp3) is 0.222. The number of nitrogens with zero attached hydrogens (tertiary/aromatic N) is 1. The average Bonchev–Trinajstić information content (AvgIpc) is 2.09. The molecule has 0 fully saturated rings. The Morgan fingerprint density at radius 2 is 2.33 bits per heavy atom. The predicted molar refractivity (Wildman–Crippen MR) is 50.0 cm³/mol. The Kier molecular flexibility index (Phi) is 3.12. The Labute approximate surface area is 79.9 Å².